The molecule has 1 aliphatic rings. The summed E-state index contributed by atoms with van der Waals surface area (Å²) in [5.41, 5.74) is 4.13. The summed E-state index contributed by atoms with van der Waals surface area (Å²) in [5.74, 6) is -0.234. The number of carbonyl (C=O) groups excluding carboxylic acids is 1. The molecule has 0 saturated heterocycles. The number of rotatable bonds is 2. The molecule has 0 atom stereocenters. The van der Waals surface area contributed by atoms with Gasteiger partial charge < -0.3 is 5.32 Å². The van der Waals surface area contributed by atoms with Crippen LogP contribution in [0.2, 0.25) is 0 Å². The molecule has 1 aromatic carbocycles. The van der Waals surface area contributed by atoms with Gasteiger partial charge in [-0.1, -0.05) is 6.07 Å². The van der Waals surface area contributed by atoms with Gasteiger partial charge in [0.1, 0.15) is 0 Å². The molecule has 0 unspecified atom stereocenters. The maximum Gasteiger partial charge on any atom is 0.276 e. The summed E-state index contributed by atoms with van der Waals surface area (Å²) in [5, 5.41) is 12.1. The molecule has 2 heterocycles. The molecule has 0 saturated carbocycles. The van der Waals surface area contributed by atoms with Crippen LogP contribution in [-0.4, -0.2) is 21.1 Å². The monoisotopic (exact) mass is 304 g/mol. The highest BCUT2D eigenvalue weighted by Crippen LogP contribution is 2.23. The Hall–Kier alpha value is -2.82. The quantitative estimate of drug-likeness (QED) is 0.789. The predicted octanol–water partition coefficient (Wildman–Crippen LogP) is 3.16. The summed E-state index contributed by atoms with van der Waals surface area (Å²) >= 11 is 0. The van der Waals surface area contributed by atoms with Gasteiger partial charge in [-0.25, -0.2) is 0 Å². The Balaban J connectivity index is 1.64. The Labute approximate surface area is 133 Å². The fourth-order valence-corrected chi connectivity index (χ4v) is 3.00. The molecule has 1 N–H and O–H groups in total. The SMILES string of the molecule is O=C(Nc1cccc2ncccc12)c1cc2c(nn1)CCCC2. The van der Waals surface area contributed by atoms with Crippen molar-refractivity contribution in [2.45, 2.75) is 25.7 Å². The Morgan fingerprint density at radius 2 is 1.96 bits per heavy atom. The fourth-order valence-electron chi connectivity index (χ4n) is 3.00. The summed E-state index contributed by atoms with van der Waals surface area (Å²) in [6, 6.07) is 11.3. The second-order valence-corrected chi connectivity index (χ2v) is 5.74. The average molecular weight is 304 g/mol. The number of amides is 1. The third kappa shape index (κ3) is 2.65. The van der Waals surface area contributed by atoms with Crippen LogP contribution >= 0.6 is 0 Å². The van der Waals surface area contributed by atoms with Crippen molar-refractivity contribution in [3.8, 4) is 0 Å². The van der Waals surface area contributed by atoms with Gasteiger partial charge >= 0.3 is 0 Å². The third-order valence-corrected chi connectivity index (χ3v) is 4.20. The number of hydrogen-bond acceptors (Lipinski definition) is 4. The highest BCUT2D eigenvalue weighted by Gasteiger charge is 2.16. The molecule has 1 aliphatic carbocycles. The summed E-state index contributed by atoms with van der Waals surface area (Å²) in [4.78, 5) is 16.8. The molecule has 5 nitrogen and oxygen atoms in total. The number of nitrogens with zero attached hydrogens (tertiary/aromatic N) is 3. The molecule has 4 rings (SSSR count). The van der Waals surface area contributed by atoms with E-state index in [1.54, 1.807) is 6.20 Å². The van der Waals surface area contributed by atoms with Crippen LogP contribution in [0.1, 0.15) is 34.6 Å². The number of anilines is 1. The summed E-state index contributed by atoms with van der Waals surface area (Å²) in [6.45, 7) is 0. The fraction of sp³-hybridized carbons (Fsp3) is 0.222. The van der Waals surface area contributed by atoms with Gasteiger partial charge in [-0.15, -0.1) is 5.10 Å². The first-order valence-corrected chi connectivity index (χ1v) is 7.82. The molecule has 0 bridgehead atoms. The van der Waals surface area contributed by atoms with E-state index >= 15 is 0 Å². The Morgan fingerprint density at radius 3 is 2.91 bits per heavy atom. The average Bonchev–Trinajstić information content (AvgIpc) is 2.61. The molecule has 0 aliphatic heterocycles. The van der Waals surface area contributed by atoms with Crippen molar-refractivity contribution in [3.63, 3.8) is 0 Å². The lowest BCUT2D eigenvalue weighted by Crippen LogP contribution is -2.17. The maximum atomic E-state index is 12.5. The molecule has 114 valence electrons. The number of nitrogens with one attached hydrogen (secondary N) is 1. The van der Waals surface area contributed by atoms with Crippen LogP contribution in [0.4, 0.5) is 5.69 Å². The number of fused-ring (bicyclic) bond motifs is 2. The second-order valence-electron chi connectivity index (χ2n) is 5.74. The molecule has 3 aromatic rings. The molecule has 23 heavy (non-hydrogen) atoms. The first kappa shape index (κ1) is 13.8. The second kappa shape index (κ2) is 5.76. The van der Waals surface area contributed by atoms with Crippen LogP contribution in [0.15, 0.2) is 42.6 Å². The van der Waals surface area contributed by atoms with Crippen LogP contribution in [0.3, 0.4) is 0 Å². The van der Waals surface area contributed by atoms with E-state index in [1.807, 2.05) is 36.4 Å². The highest BCUT2D eigenvalue weighted by molar-refractivity contribution is 6.07. The molecular formula is C18H16N4O. The zero-order valence-electron chi connectivity index (χ0n) is 12.6. The number of benzene rings is 1. The van der Waals surface area contributed by atoms with Gasteiger partial charge in [-0.2, -0.15) is 5.10 Å². The van der Waals surface area contributed by atoms with E-state index in [4.69, 9.17) is 0 Å². The molecule has 0 fully saturated rings. The van der Waals surface area contributed by atoms with Crippen molar-refractivity contribution in [2.75, 3.05) is 5.32 Å². The molecule has 2 aromatic heterocycles. The van der Waals surface area contributed by atoms with Crippen molar-refractivity contribution in [3.05, 3.63) is 59.5 Å². The largest absolute Gasteiger partial charge is 0.320 e. The predicted molar refractivity (Wildman–Crippen MR) is 88.4 cm³/mol. The molecule has 1 amide bonds. The van der Waals surface area contributed by atoms with Gasteiger partial charge in [0.15, 0.2) is 5.69 Å². The smallest absolute Gasteiger partial charge is 0.276 e. The van der Waals surface area contributed by atoms with Gasteiger partial charge in [-0.05, 0) is 61.6 Å². The van der Waals surface area contributed by atoms with Gasteiger partial charge in [0.25, 0.3) is 5.91 Å². The number of carbonyl (C=O) groups is 1. The van der Waals surface area contributed by atoms with Crippen LogP contribution < -0.4 is 5.32 Å². The molecular weight excluding hydrogens is 288 g/mol. The number of hydrogen-bond donors (Lipinski definition) is 1. The standard InChI is InChI=1S/C18H16N4O/c23-18(17-11-12-5-1-2-7-14(12)21-22-17)20-16-9-3-8-15-13(16)6-4-10-19-15/h3-4,6,8-11H,1-2,5,7H2,(H,20,23). The van der Waals surface area contributed by atoms with E-state index in [-0.39, 0.29) is 5.91 Å². The lowest BCUT2D eigenvalue weighted by Gasteiger charge is -2.14. The zero-order valence-corrected chi connectivity index (χ0v) is 12.6. The normalized spacial score (nSPS) is 13.6. The summed E-state index contributed by atoms with van der Waals surface area (Å²) in [7, 11) is 0. The summed E-state index contributed by atoms with van der Waals surface area (Å²) < 4.78 is 0. The van der Waals surface area contributed by atoms with Crippen LogP contribution in [0, 0.1) is 0 Å². The zero-order chi connectivity index (χ0) is 15.6. The van der Waals surface area contributed by atoms with E-state index in [0.29, 0.717) is 5.69 Å². The number of pyridine rings is 1. The van der Waals surface area contributed by atoms with Crippen molar-refractivity contribution < 1.29 is 4.79 Å². The minimum Gasteiger partial charge on any atom is -0.320 e. The van der Waals surface area contributed by atoms with Crippen LogP contribution in [0.25, 0.3) is 10.9 Å². The van der Waals surface area contributed by atoms with E-state index in [9.17, 15) is 4.79 Å². The van der Waals surface area contributed by atoms with Crippen molar-refractivity contribution in [1.29, 1.82) is 0 Å². The van der Waals surface area contributed by atoms with Crippen molar-refractivity contribution in [2.24, 2.45) is 0 Å². The summed E-state index contributed by atoms with van der Waals surface area (Å²) in [6.07, 6.45) is 5.97. The number of aryl methyl sites for hydroxylation is 2. The topological polar surface area (TPSA) is 67.8 Å². The molecule has 0 spiro atoms. The van der Waals surface area contributed by atoms with Crippen LogP contribution in [0.5, 0.6) is 0 Å². The molecule has 5 heteroatoms. The Morgan fingerprint density at radius 1 is 1.04 bits per heavy atom. The minimum absolute atomic E-state index is 0.234. The Kier molecular flexibility index (Phi) is 3.46. The van der Waals surface area contributed by atoms with E-state index in [1.165, 1.54) is 0 Å². The minimum atomic E-state index is -0.234. The van der Waals surface area contributed by atoms with E-state index < -0.39 is 0 Å². The van der Waals surface area contributed by atoms with Crippen molar-refractivity contribution >= 4 is 22.5 Å². The highest BCUT2D eigenvalue weighted by atomic mass is 16.1. The first-order chi connectivity index (χ1) is 11.3. The lowest BCUT2D eigenvalue weighted by molar-refractivity contribution is 0.102. The van der Waals surface area contributed by atoms with E-state index in [2.05, 4.69) is 20.5 Å². The lowest BCUT2D eigenvalue weighted by atomic mass is 9.96. The van der Waals surface area contributed by atoms with Gasteiger partial charge in [0, 0.05) is 11.6 Å². The van der Waals surface area contributed by atoms with Gasteiger partial charge in [0.05, 0.1) is 16.9 Å². The maximum absolute atomic E-state index is 12.5. The molecule has 0 radical (unpaired) electrons. The van der Waals surface area contributed by atoms with Gasteiger partial charge in [0.2, 0.25) is 0 Å². The van der Waals surface area contributed by atoms with Crippen LogP contribution in [-0.2, 0) is 12.8 Å². The first-order valence-electron chi connectivity index (χ1n) is 7.82. The van der Waals surface area contributed by atoms with Gasteiger partial charge in [-0.3, -0.25) is 9.78 Å². The Bertz CT molecular complexity index is 886. The van der Waals surface area contributed by atoms with E-state index in [0.717, 1.165) is 53.5 Å². The van der Waals surface area contributed by atoms with Crippen molar-refractivity contribution in [1.82, 2.24) is 15.2 Å². The number of aromatic nitrogens is 3. The third-order valence-electron chi connectivity index (χ3n) is 4.20.